The van der Waals surface area contributed by atoms with Gasteiger partial charge in [0.05, 0.1) is 11.2 Å². The fourth-order valence-electron chi connectivity index (χ4n) is 2.99. The summed E-state index contributed by atoms with van der Waals surface area (Å²) in [6, 6.07) is 8.57. The molecular weight excluding hydrogens is 314 g/mol. The van der Waals surface area contributed by atoms with Gasteiger partial charge < -0.3 is 0 Å². The minimum atomic E-state index is 0.607. The van der Waals surface area contributed by atoms with E-state index in [2.05, 4.69) is 63.6 Å². The summed E-state index contributed by atoms with van der Waals surface area (Å²) in [6.07, 6.45) is 1.27. The summed E-state index contributed by atoms with van der Waals surface area (Å²) < 4.78 is 2.11. The summed E-state index contributed by atoms with van der Waals surface area (Å²) in [7, 11) is 0. The van der Waals surface area contributed by atoms with Gasteiger partial charge in [-0.15, -0.1) is 0 Å². The maximum absolute atomic E-state index is 4.81. The molecule has 1 saturated heterocycles. The maximum Gasteiger partial charge on any atom is 0.0843 e. The van der Waals surface area contributed by atoms with Gasteiger partial charge in [-0.25, -0.2) is 0 Å². The fraction of sp³-hybridized carbons (Fsp3) is 0.562. The maximum atomic E-state index is 4.81. The van der Waals surface area contributed by atoms with Crippen LogP contribution in [0.15, 0.2) is 24.3 Å². The van der Waals surface area contributed by atoms with Gasteiger partial charge in [0, 0.05) is 29.8 Å². The largest absolute Gasteiger partial charge is 0.296 e. The second-order valence-electron chi connectivity index (χ2n) is 5.80. The quantitative estimate of drug-likeness (QED) is 0.798. The number of piperidine rings is 1. The van der Waals surface area contributed by atoms with Crippen LogP contribution in [-0.4, -0.2) is 32.6 Å². The van der Waals surface area contributed by atoms with Crippen molar-refractivity contribution in [1.29, 1.82) is 0 Å². The molecule has 1 aliphatic rings. The van der Waals surface area contributed by atoms with E-state index >= 15 is 0 Å². The third-order valence-electron chi connectivity index (χ3n) is 4.36. The van der Waals surface area contributed by atoms with Crippen LogP contribution in [0.3, 0.4) is 0 Å². The zero-order valence-electron chi connectivity index (χ0n) is 12.2. The van der Waals surface area contributed by atoms with Crippen LogP contribution in [0, 0.1) is 5.92 Å². The first-order valence-corrected chi connectivity index (χ1v) is 8.41. The molecule has 1 fully saturated rings. The molecule has 1 aromatic carbocycles. The van der Waals surface area contributed by atoms with Gasteiger partial charge in [0.1, 0.15) is 0 Å². The molecule has 2 atom stereocenters. The van der Waals surface area contributed by atoms with Crippen LogP contribution in [0.25, 0.3) is 10.9 Å². The Kier molecular flexibility index (Phi) is 4.13. The number of hydrogen-bond donors (Lipinski definition) is 0. The van der Waals surface area contributed by atoms with Gasteiger partial charge in [0.15, 0.2) is 0 Å². The standard InChI is InChI=1S/C16H22BrN3/c1-3-20-16-7-5-4-6-13(16)15(18-20)11-19-9-8-12(2)14(17)10-19/h4-7,12,14H,3,8-11H2,1-2H3. The second kappa shape index (κ2) is 5.86. The molecule has 0 amide bonds. The average molecular weight is 336 g/mol. The minimum absolute atomic E-state index is 0.607. The van der Waals surface area contributed by atoms with Crippen molar-refractivity contribution in [3.05, 3.63) is 30.0 Å². The van der Waals surface area contributed by atoms with Gasteiger partial charge in [-0.05, 0) is 31.9 Å². The van der Waals surface area contributed by atoms with Crippen LogP contribution in [0.1, 0.15) is 26.0 Å². The Morgan fingerprint density at radius 3 is 2.90 bits per heavy atom. The molecule has 0 radical (unpaired) electrons. The minimum Gasteiger partial charge on any atom is -0.296 e. The number of hydrogen-bond acceptors (Lipinski definition) is 2. The molecule has 0 bridgehead atoms. The van der Waals surface area contributed by atoms with Crippen LogP contribution in [0.5, 0.6) is 0 Å². The Balaban J connectivity index is 1.84. The molecule has 20 heavy (non-hydrogen) atoms. The average Bonchev–Trinajstić information content (AvgIpc) is 2.81. The van der Waals surface area contributed by atoms with Crippen molar-refractivity contribution < 1.29 is 0 Å². The molecule has 1 aliphatic heterocycles. The third kappa shape index (κ3) is 2.63. The van der Waals surface area contributed by atoms with Crippen LogP contribution in [0.4, 0.5) is 0 Å². The van der Waals surface area contributed by atoms with E-state index in [-0.39, 0.29) is 0 Å². The Hall–Kier alpha value is -0.870. The number of alkyl halides is 1. The van der Waals surface area contributed by atoms with Crippen molar-refractivity contribution in [3.8, 4) is 0 Å². The zero-order chi connectivity index (χ0) is 14.1. The number of nitrogens with zero attached hydrogens (tertiary/aromatic N) is 3. The smallest absolute Gasteiger partial charge is 0.0843 e. The molecule has 1 aromatic heterocycles. The van der Waals surface area contributed by atoms with Gasteiger partial charge in [0.25, 0.3) is 0 Å². The molecule has 3 rings (SSSR count). The van der Waals surface area contributed by atoms with Crippen LogP contribution >= 0.6 is 15.9 Å². The van der Waals surface area contributed by atoms with E-state index in [4.69, 9.17) is 5.10 Å². The first-order chi connectivity index (χ1) is 9.69. The van der Waals surface area contributed by atoms with Gasteiger partial charge in [-0.1, -0.05) is 41.1 Å². The lowest BCUT2D eigenvalue weighted by atomic mass is 9.99. The highest BCUT2D eigenvalue weighted by atomic mass is 79.9. The van der Waals surface area contributed by atoms with Gasteiger partial charge in [-0.2, -0.15) is 5.10 Å². The number of halogens is 1. The number of rotatable bonds is 3. The van der Waals surface area contributed by atoms with E-state index in [0.717, 1.165) is 25.6 Å². The van der Waals surface area contributed by atoms with Crippen LogP contribution in [0.2, 0.25) is 0 Å². The lowest BCUT2D eigenvalue weighted by molar-refractivity contribution is 0.192. The summed E-state index contributed by atoms with van der Waals surface area (Å²) in [4.78, 5) is 3.13. The van der Waals surface area contributed by atoms with Crippen molar-refractivity contribution in [2.24, 2.45) is 5.92 Å². The molecule has 4 heteroatoms. The molecule has 0 saturated carbocycles. The first kappa shape index (κ1) is 14.1. The third-order valence-corrected chi connectivity index (χ3v) is 5.55. The number of aryl methyl sites for hydroxylation is 1. The summed E-state index contributed by atoms with van der Waals surface area (Å²) in [6.45, 7) is 8.67. The fourth-order valence-corrected chi connectivity index (χ4v) is 3.67. The highest BCUT2D eigenvalue weighted by Crippen LogP contribution is 2.26. The molecule has 0 N–H and O–H groups in total. The first-order valence-electron chi connectivity index (χ1n) is 7.50. The summed E-state index contributed by atoms with van der Waals surface area (Å²) in [5.41, 5.74) is 2.47. The topological polar surface area (TPSA) is 21.1 Å². The van der Waals surface area contributed by atoms with Gasteiger partial charge in [-0.3, -0.25) is 9.58 Å². The Morgan fingerprint density at radius 2 is 2.15 bits per heavy atom. The number of benzene rings is 1. The van der Waals surface area contributed by atoms with E-state index in [1.165, 1.54) is 29.6 Å². The molecule has 0 aliphatic carbocycles. The molecule has 2 aromatic rings. The van der Waals surface area contributed by atoms with Crippen molar-refractivity contribution >= 4 is 26.8 Å². The number of aromatic nitrogens is 2. The SMILES string of the molecule is CCn1nc(CN2CCC(C)C(Br)C2)c2ccccc21. The molecule has 2 unspecified atom stereocenters. The number of likely N-dealkylation sites (tertiary alicyclic amines) is 1. The van der Waals surface area contributed by atoms with E-state index in [1.807, 2.05) is 0 Å². The summed E-state index contributed by atoms with van der Waals surface area (Å²) >= 11 is 3.81. The van der Waals surface area contributed by atoms with Crippen molar-refractivity contribution in [2.75, 3.05) is 13.1 Å². The highest BCUT2D eigenvalue weighted by Gasteiger charge is 2.25. The number of fused-ring (bicyclic) bond motifs is 1. The van der Waals surface area contributed by atoms with Crippen LogP contribution < -0.4 is 0 Å². The molecule has 108 valence electrons. The van der Waals surface area contributed by atoms with Crippen molar-refractivity contribution in [3.63, 3.8) is 0 Å². The molecule has 3 nitrogen and oxygen atoms in total. The van der Waals surface area contributed by atoms with E-state index in [1.54, 1.807) is 0 Å². The lowest BCUT2D eigenvalue weighted by Gasteiger charge is -2.33. The summed E-state index contributed by atoms with van der Waals surface area (Å²) in [5, 5.41) is 6.11. The zero-order valence-corrected chi connectivity index (χ0v) is 13.8. The predicted octanol–water partition coefficient (Wildman–Crippen LogP) is 3.66. The van der Waals surface area contributed by atoms with Gasteiger partial charge >= 0.3 is 0 Å². The Morgan fingerprint density at radius 1 is 1.35 bits per heavy atom. The number of para-hydroxylation sites is 1. The van der Waals surface area contributed by atoms with Crippen molar-refractivity contribution in [2.45, 2.75) is 38.2 Å². The van der Waals surface area contributed by atoms with E-state index in [9.17, 15) is 0 Å². The van der Waals surface area contributed by atoms with Crippen LogP contribution in [-0.2, 0) is 13.1 Å². The molecule has 2 heterocycles. The normalized spacial score (nSPS) is 24.4. The highest BCUT2D eigenvalue weighted by molar-refractivity contribution is 9.09. The molecule has 0 spiro atoms. The van der Waals surface area contributed by atoms with Crippen molar-refractivity contribution in [1.82, 2.24) is 14.7 Å². The summed E-state index contributed by atoms with van der Waals surface area (Å²) in [5.74, 6) is 0.774. The monoisotopic (exact) mass is 335 g/mol. The predicted molar refractivity (Wildman–Crippen MR) is 87.2 cm³/mol. The lowest BCUT2D eigenvalue weighted by Crippen LogP contribution is -2.39. The van der Waals surface area contributed by atoms with E-state index in [0.29, 0.717) is 4.83 Å². The van der Waals surface area contributed by atoms with E-state index < -0.39 is 0 Å². The van der Waals surface area contributed by atoms with Gasteiger partial charge in [0.2, 0.25) is 0 Å². The Bertz CT molecular complexity index is 592. The Labute approximate surface area is 129 Å². The molecular formula is C16H22BrN3. The second-order valence-corrected chi connectivity index (χ2v) is 6.97.